The molecule has 0 fully saturated rings. The molecule has 1 atom stereocenters. The molecule has 1 amide bonds. The summed E-state index contributed by atoms with van der Waals surface area (Å²) in [5, 5.41) is 0. The first-order valence-corrected chi connectivity index (χ1v) is 9.24. The van der Waals surface area contributed by atoms with E-state index in [1.54, 1.807) is 31.2 Å². The highest BCUT2D eigenvalue weighted by Crippen LogP contribution is 2.41. The van der Waals surface area contributed by atoms with E-state index in [4.69, 9.17) is 4.74 Å². The molecule has 25 heavy (non-hydrogen) atoms. The highest BCUT2D eigenvalue weighted by molar-refractivity contribution is 7.93. The number of carbonyl (C=O) groups excluding carboxylic acids is 1. The molecule has 2 aromatic carbocycles. The fourth-order valence-electron chi connectivity index (χ4n) is 2.79. The summed E-state index contributed by atoms with van der Waals surface area (Å²) >= 11 is 0. The van der Waals surface area contributed by atoms with E-state index < -0.39 is 22.2 Å². The Morgan fingerprint density at radius 3 is 2.28 bits per heavy atom. The lowest BCUT2D eigenvalue weighted by Gasteiger charge is -2.33. The number of fused-ring (bicyclic) bond motifs is 1. The molecule has 2 aromatic rings. The smallest absolute Gasteiger partial charge is 0.429 e. The van der Waals surface area contributed by atoms with Crippen LogP contribution >= 0.6 is 0 Å². The molecule has 0 saturated carbocycles. The third-order valence-corrected chi connectivity index (χ3v) is 5.77. The first kappa shape index (κ1) is 17.2. The second kappa shape index (κ2) is 6.04. The molecule has 0 radical (unpaired) electrons. The summed E-state index contributed by atoms with van der Waals surface area (Å²) in [6.45, 7) is 9.35. The number of anilines is 1. The topological polar surface area (TPSA) is 63.7 Å². The number of amides is 1. The van der Waals surface area contributed by atoms with E-state index in [2.05, 4.69) is 6.58 Å². The fourth-order valence-corrected chi connectivity index (χ4v) is 4.14. The van der Waals surface area contributed by atoms with Crippen LogP contribution in [0.3, 0.4) is 0 Å². The summed E-state index contributed by atoms with van der Waals surface area (Å²) in [6, 6.07) is 11.6. The SMILES string of the molecule is C=C(C)C1OC(=O)N(S(=O)(=O)c2ccc(C)cc2)c2ccc(C)cc21. The van der Waals surface area contributed by atoms with Crippen molar-refractivity contribution in [3.8, 4) is 0 Å². The van der Waals surface area contributed by atoms with Gasteiger partial charge in [-0.1, -0.05) is 35.9 Å². The zero-order chi connectivity index (χ0) is 18.4. The quantitative estimate of drug-likeness (QED) is 0.770. The van der Waals surface area contributed by atoms with E-state index >= 15 is 0 Å². The number of aryl methyl sites for hydroxylation is 2. The second-order valence-corrected chi connectivity index (χ2v) is 8.04. The molecule has 6 heteroatoms. The third kappa shape index (κ3) is 2.93. The molecule has 130 valence electrons. The monoisotopic (exact) mass is 357 g/mol. The number of carbonyl (C=O) groups is 1. The molecule has 3 rings (SSSR count). The highest BCUT2D eigenvalue weighted by atomic mass is 32.2. The number of cyclic esters (lactones) is 1. The average molecular weight is 357 g/mol. The number of sulfonamides is 1. The molecule has 5 nitrogen and oxygen atoms in total. The van der Waals surface area contributed by atoms with Crippen molar-refractivity contribution in [2.45, 2.75) is 31.8 Å². The number of rotatable bonds is 3. The second-order valence-electron chi connectivity index (χ2n) is 6.25. The van der Waals surface area contributed by atoms with Gasteiger partial charge >= 0.3 is 6.09 Å². The van der Waals surface area contributed by atoms with Gasteiger partial charge in [-0.2, -0.15) is 4.31 Å². The predicted molar refractivity (Wildman–Crippen MR) is 96.1 cm³/mol. The van der Waals surface area contributed by atoms with Crippen molar-refractivity contribution in [2.24, 2.45) is 0 Å². The van der Waals surface area contributed by atoms with Gasteiger partial charge < -0.3 is 4.74 Å². The maximum atomic E-state index is 13.0. The zero-order valence-corrected chi connectivity index (χ0v) is 15.1. The summed E-state index contributed by atoms with van der Waals surface area (Å²) in [5.41, 5.74) is 3.42. The van der Waals surface area contributed by atoms with Crippen LogP contribution in [0.25, 0.3) is 0 Å². The van der Waals surface area contributed by atoms with Gasteiger partial charge in [0.25, 0.3) is 10.0 Å². The number of ether oxygens (including phenoxy) is 1. The van der Waals surface area contributed by atoms with Crippen LogP contribution in [0.15, 0.2) is 59.5 Å². The van der Waals surface area contributed by atoms with Crippen LogP contribution in [-0.2, 0) is 14.8 Å². The lowest BCUT2D eigenvalue weighted by molar-refractivity contribution is 0.120. The van der Waals surface area contributed by atoms with Crippen LogP contribution in [0, 0.1) is 13.8 Å². The molecular weight excluding hydrogens is 338 g/mol. The number of nitrogens with zero attached hydrogens (tertiary/aromatic N) is 1. The van der Waals surface area contributed by atoms with Crippen LogP contribution in [0.4, 0.5) is 10.5 Å². The number of benzene rings is 2. The molecule has 0 saturated heterocycles. The van der Waals surface area contributed by atoms with Gasteiger partial charge in [0, 0.05) is 5.56 Å². The minimum absolute atomic E-state index is 0.0374. The largest absolute Gasteiger partial charge is 0.436 e. The molecule has 0 N–H and O–H groups in total. The van der Waals surface area contributed by atoms with E-state index in [1.807, 2.05) is 19.9 Å². The van der Waals surface area contributed by atoms with Gasteiger partial charge in [-0.25, -0.2) is 13.2 Å². The number of hydrogen-bond donors (Lipinski definition) is 0. The van der Waals surface area contributed by atoms with Crippen molar-refractivity contribution in [3.05, 3.63) is 71.3 Å². The van der Waals surface area contributed by atoms with E-state index in [9.17, 15) is 13.2 Å². The van der Waals surface area contributed by atoms with Gasteiger partial charge in [0.05, 0.1) is 10.6 Å². The molecule has 0 aliphatic carbocycles. The standard InChI is InChI=1S/C19H19NO4S/c1-12(2)18-16-11-14(4)7-10-17(16)20(19(21)24-18)25(22,23)15-8-5-13(3)6-9-15/h5-11,18H,1H2,2-4H3. The van der Waals surface area contributed by atoms with Gasteiger partial charge in [-0.05, 0) is 50.6 Å². The third-order valence-electron chi connectivity index (χ3n) is 4.08. The Bertz CT molecular complexity index is 961. The van der Waals surface area contributed by atoms with Gasteiger partial charge in [0.2, 0.25) is 0 Å². The number of hydrogen-bond acceptors (Lipinski definition) is 4. The zero-order valence-electron chi connectivity index (χ0n) is 14.3. The average Bonchev–Trinajstić information content (AvgIpc) is 2.54. The van der Waals surface area contributed by atoms with Crippen molar-refractivity contribution < 1.29 is 17.9 Å². The first-order valence-electron chi connectivity index (χ1n) is 7.80. The maximum absolute atomic E-state index is 13.0. The van der Waals surface area contributed by atoms with E-state index in [1.165, 1.54) is 12.1 Å². The first-order chi connectivity index (χ1) is 11.7. The van der Waals surface area contributed by atoms with Crippen LogP contribution in [0.2, 0.25) is 0 Å². The lowest BCUT2D eigenvalue weighted by atomic mass is 9.99. The maximum Gasteiger partial charge on any atom is 0.429 e. The van der Waals surface area contributed by atoms with E-state index in [0.29, 0.717) is 16.8 Å². The van der Waals surface area contributed by atoms with Gasteiger partial charge in [0.1, 0.15) is 0 Å². The normalized spacial score (nSPS) is 17.0. The van der Waals surface area contributed by atoms with Crippen LogP contribution in [0.5, 0.6) is 0 Å². The van der Waals surface area contributed by atoms with Crippen molar-refractivity contribution in [2.75, 3.05) is 4.31 Å². The Morgan fingerprint density at radius 1 is 1.08 bits per heavy atom. The lowest BCUT2D eigenvalue weighted by Crippen LogP contribution is -2.42. The minimum atomic E-state index is -4.07. The van der Waals surface area contributed by atoms with Crippen LogP contribution in [0.1, 0.15) is 29.7 Å². The van der Waals surface area contributed by atoms with Gasteiger partial charge in [-0.3, -0.25) is 0 Å². The molecule has 1 aliphatic heterocycles. The molecule has 0 bridgehead atoms. The van der Waals surface area contributed by atoms with Crippen molar-refractivity contribution in [3.63, 3.8) is 0 Å². The summed E-state index contributed by atoms with van der Waals surface area (Å²) in [5.74, 6) is 0. The van der Waals surface area contributed by atoms with Crippen molar-refractivity contribution >= 4 is 21.8 Å². The molecule has 0 spiro atoms. The Labute approximate surface area is 147 Å². The van der Waals surface area contributed by atoms with E-state index in [-0.39, 0.29) is 4.90 Å². The van der Waals surface area contributed by atoms with Crippen LogP contribution in [-0.4, -0.2) is 14.5 Å². The van der Waals surface area contributed by atoms with E-state index in [0.717, 1.165) is 15.4 Å². The van der Waals surface area contributed by atoms with Gasteiger partial charge in [-0.15, -0.1) is 0 Å². The summed E-state index contributed by atoms with van der Waals surface area (Å²) < 4.78 is 32.2. The molecule has 1 unspecified atom stereocenters. The highest BCUT2D eigenvalue weighted by Gasteiger charge is 2.40. The summed E-state index contributed by atoms with van der Waals surface area (Å²) in [7, 11) is -4.07. The molecule has 0 aromatic heterocycles. The fraction of sp³-hybridized carbons (Fsp3) is 0.211. The summed E-state index contributed by atoms with van der Waals surface area (Å²) in [4.78, 5) is 12.6. The molecular formula is C19H19NO4S. The Morgan fingerprint density at radius 2 is 1.68 bits per heavy atom. The summed E-state index contributed by atoms with van der Waals surface area (Å²) in [6.07, 6.45) is -1.59. The minimum Gasteiger partial charge on any atom is -0.436 e. The Kier molecular flexibility index (Phi) is 4.16. The molecule has 1 heterocycles. The van der Waals surface area contributed by atoms with Crippen molar-refractivity contribution in [1.82, 2.24) is 0 Å². The Balaban J connectivity index is 2.19. The van der Waals surface area contributed by atoms with Gasteiger partial charge in [0.15, 0.2) is 6.10 Å². The predicted octanol–water partition coefficient (Wildman–Crippen LogP) is 4.27. The Hall–Kier alpha value is -2.60. The molecule has 1 aliphatic rings. The van der Waals surface area contributed by atoms with Crippen molar-refractivity contribution in [1.29, 1.82) is 0 Å². The van der Waals surface area contributed by atoms with Crippen LogP contribution < -0.4 is 4.31 Å².